The van der Waals surface area contributed by atoms with Gasteiger partial charge < -0.3 is 10.1 Å². The van der Waals surface area contributed by atoms with Gasteiger partial charge in [0, 0.05) is 23.3 Å². The Labute approximate surface area is 139 Å². The zero-order chi connectivity index (χ0) is 16.6. The fourth-order valence-corrected chi connectivity index (χ4v) is 3.67. The SMILES string of the molecule is N#CCC(n1cc(-c2ncnc3[nH]ccc23)cn1)C1(O)CCCC1. The Balaban J connectivity index is 1.73. The number of H-pyrrole nitrogens is 1. The molecule has 122 valence electrons. The van der Waals surface area contributed by atoms with Gasteiger partial charge >= 0.3 is 0 Å². The fourth-order valence-electron chi connectivity index (χ4n) is 3.67. The highest BCUT2D eigenvalue weighted by Crippen LogP contribution is 2.40. The Morgan fingerprint density at radius 1 is 1.38 bits per heavy atom. The summed E-state index contributed by atoms with van der Waals surface area (Å²) in [4.78, 5) is 11.6. The van der Waals surface area contributed by atoms with E-state index in [1.807, 2.05) is 18.5 Å². The third-order valence-corrected chi connectivity index (χ3v) is 4.92. The summed E-state index contributed by atoms with van der Waals surface area (Å²) in [5.74, 6) is 0. The molecular formula is C17H18N6O. The Bertz CT molecular complexity index is 899. The predicted octanol–water partition coefficient (Wildman–Crippen LogP) is 2.58. The van der Waals surface area contributed by atoms with Crippen molar-refractivity contribution in [1.29, 1.82) is 5.26 Å². The van der Waals surface area contributed by atoms with Gasteiger partial charge in [0.25, 0.3) is 0 Å². The maximum atomic E-state index is 10.9. The van der Waals surface area contributed by atoms with Crippen molar-refractivity contribution in [2.24, 2.45) is 0 Å². The molecule has 3 heterocycles. The summed E-state index contributed by atoms with van der Waals surface area (Å²) < 4.78 is 1.73. The molecule has 0 aromatic carbocycles. The summed E-state index contributed by atoms with van der Waals surface area (Å²) in [6.45, 7) is 0. The maximum Gasteiger partial charge on any atom is 0.141 e. The molecule has 1 atom stereocenters. The molecule has 1 aliphatic rings. The van der Waals surface area contributed by atoms with Crippen LogP contribution < -0.4 is 0 Å². The summed E-state index contributed by atoms with van der Waals surface area (Å²) >= 11 is 0. The number of hydrogen-bond donors (Lipinski definition) is 2. The molecule has 4 rings (SSSR count). The molecule has 1 saturated carbocycles. The van der Waals surface area contributed by atoms with E-state index in [1.54, 1.807) is 10.9 Å². The second-order valence-corrected chi connectivity index (χ2v) is 6.36. The molecule has 3 aromatic heterocycles. The molecule has 7 nitrogen and oxygen atoms in total. The van der Waals surface area contributed by atoms with E-state index in [-0.39, 0.29) is 12.5 Å². The topological polar surface area (TPSA) is 103 Å². The van der Waals surface area contributed by atoms with Gasteiger partial charge in [0.2, 0.25) is 0 Å². The van der Waals surface area contributed by atoms with Crippen LogP contribution in [0.3, 0.4) is 0 Å². The minimum atomic E-state index is -0.853. The molecule has 0 bridgehead atoms. The van der Waals surface area contributed by atoms with Crippen LogP contribution in [0.1, 0.15) is 38.1 Å². The molecule has 24 heavy (non-hydrogen) atoms. The van der Waals surface area contributed by atoms with Crippen LogP contribution in [0.4, 0.5) is 0 Å². The third kappa shape index (κ3) is 2.36. The van der Waals surface area contributed by atoms with Gasteiger partial charge in [-0.05, 0) is 18.9 Å². The quantitative estimate of drug-likeness (QED) is 0.768. The van der Waals surface area contributed by atoms with Crippen LogP contribution in [0, 0.1) is 11.3 Å². The van der Waals surface area contributed by atoms with Crippen LogP contribution in [0.25, 0.3) is 22.3 Å². The van der Waals surface area contributed by atoms with Gasteiger partial charge in [-0.2, -0.15) is 10.4 Å². The van der Waals surface area contributed by atoms with E-state index in [0.29, 0.717) is 12.8 Å². The first-order valence-electron chi connectivity index (χ1n) is 8.13. The van der Waals surface area contributed by atoms with Gasteiger partial charge in [0.1, 0.15) is 12.0 Å². The standard InChI is InChI=1S/C17H18N6O/c18-7-3-14(17(24)5-1-2-6-17)23-10-12(9-22-23)15-13-4-8-19-16(13)21-11-20-15/h4,8-11,14,24H,1-3,5-6H2,(H,19,20,21). The number of aromatic amines is 1. The minimum Gasteiger partial charge on any atom is -0.388 e. The molecule has 0 aliphatic heterocycles. The molecule has 0 spiro atoms. The number of nitriles is 1. The molecule has 1 unspecified atom stereocenters. The molecule has 3 aromatic rings. The highest BCUT2D eigenvalue weighted by atomic mass is 16.3. The van der Waals surface area contributed by atoms with Crippen LogP contribution in [0.2, 0.25) is 0 Å². The van der Waals surface area contributed by atoms with E-state index in [2.05, 4.69) is 26.1 Å². The normalized spacial score (nSPS) is 17.8. The van der Waals surface area contributed by atoms with Gasteiger partial charge in [-0.25, -0.2) is 9.97 Å². The van der Waals surface area contributed by atoms with Gasteiger partial charge in [0.15, 0.2) is 0 Å². The summed E-state index contributed by atoms with van der Waals surface area (Å²) in [5, 5.41) is 25.4. The van der Waals surface area contributed by atoms with E-state index in [4.69, 9.17) is 0 Å². The summed E-state index contributed by atoms with van der Waals surface area (Å²) in [7, 11) is 0. The van der Waals surface area contributed by atoms with Gasteiger partial charge in [-0.3, -0.25) is 4.68 Å². The average Bonchev–Trinajstić information content (AvgIpc) is 3.32. The van der Waals surface area contributed by atoms with Crippen molar-refractivity contribution in [3.8, 4) is 17.3 Å². The largest absolute Gasteiger partial charge is 0.388 e. The first-order chi connectivity index (χ1) is 11.7. The van der Waals surface area contributed by atoms with Crippen LogP contribution >= 0.6 is 0 Å². The molecule has 0 saturated heterocycles. The second-order valence-electron chi connectivity index (χ2n) is 6.36. The molecule has 1 aliphatic carbocycles. The van der Waals surface area contributed by atoms with Gasteiger partial charge in [-0.15, -0.1) is 0 Å². The van der Waals surface area contributed by atoms with Crippen molar-refractivity contribution in [1.82, 2.24) is 24.7 Å². The van der Waals surface area contributed by atoms with Gasteiger partial charge in [-0.1, -0.05) is 12.8 Å². The fraction of sp³-hybridized carbons (Fsp3) is 0.412. The first kappa shape index (κ1) is 14.8. The van der Waals surface area contributed by atoms with Crippen molar-refractivity contribution in [3.05, 3.63) is 31.0 Å². The monoisotopic (exact) mass is 322 g/mol. The molecule has 2 N–H and O–H groups in total. The number of fused-ring (bicyclic) bond motifs is 1. The van der Waals surface area contributed by atoms with Crippen LogP contribution in [-0.4, -0.2) is 35.4 Å². The number of nitrogens with one attached hydrogen (secondary N) is 1. The number of nitrogens with zero attached hydrogens (tertiary/aromatic N) is 5. The minimum absolute atomic E-state index is 0.237. The van der Waals surface area contributed by atoms with Crippen molar-refractivity contribution in [3.63, 3.8) is 0 Å². The average molecular weight is 322 g/mol. The van der Waals surface area contributed by atoms with E-state index in [0.717, 1.165) is 35.1 Å². The van der Waals surface area contributed by atoms with E-state index >= 15 is 0 Å². The molecular weight excluding hydrogens is 304 g/mol. The Kier molecular flexibility index (Phi) is 3.54. The molecule has 0 radical (unpaired) electrons. The summed E-state index contributed by atoms with van der Waals surface area (Å²) in [5.41, 5.74) is 1.57. The Hall–Kier alpha value is -2.72. The lowest BCUT2D eigenvalue weighted by molar-refractivity contribution is -0.00902. The highest BCUT2D eigenvalue weighted by Gasteiger charge is 2.41. The maximum absolute atomic E-state index is 10.9. The number of aromatic nitrogens is 5. The van der Waals surface area contributed by atoms with E-state index in [1.165, 1.54) is 6.33 Å². The zero-order valence-electron chi connectivity index (χ0n) is 13.2. The Morgan fingerprint density at radius 2 is 2.21 bits per heavy atom. The van der Waals surface area contributed by atoms with E-state index in [9.17, 15) is 10.4 Å². The molecule has 0 amide bonds. The summed E-state index contributed by atoms with van der Waals surface area (Å²) in [6.07, 6.45) is 10.6. The number of hydrogen-bond acceptors (Lipinski definition) is 5. The second kappa shape index (κ2) is 5.73. The lowest BCUT2D eigenvalue weighted by Crippen LogP contribution is -2.36. The number of aliphatic hydroxyl groups is 1. The zero-order valence-corrected chi connectivity index (χ0v) is 13.2. The van der Waals surface area contributed by atoms with Crippen LogP contribution in [-0.2, 0) is 0 Å². The first-order valence-corrected chi connectivity index (χ1v) is 8.13. The van der Waals surface area contributed by atoms with Crippen LogP contribution in [0.15, 0.2) is 31.0 Å². The molecule has 1 fully saturated rings. The van der Waals surface area contributed by atoms with Crippen LogP contribution in [0.5, 0.6) is 0 Å². The van der Waals surface area contributed by atoms with E-state index < -0.39 is 5.60 Å². The lowest BCUT2D eigenvalue weighted by atomic mass is 9.90. The lowest BCUT2D eigenvalue weighted by Gasteiger charge is -2.31. The highest BCUT2D eigenvalue weighted by molar-refractivity contribution is 5.89. The third-order valence-electron chi connectivity index (χ3n) is 4.92. The number of rotatable bonds is 4. The van der Waals surface area contributed by atoms with Crippen molar-refractivity contribution in [2.45, 2.75) is 43.7 Å². The van der Waals surface area contributed by atoms with Gasteiger partial charge in [0.05, 0.1) is 36.0 Å². The van der Waals surface area contributed by atoms with Crippen molar-refractivity contribution in [2.75, 3.05) is 0 Å². The summed E-state index contributed by atoms with van der Waals surface area (Å²) in [6, 6.07) is 3.79. The van der Waals surface area contributed by atoms with Crippen molar-refractivity contribution >= 4 is 11.0 Å². The van der Waals surface area contributed by atoms with Crippen molar-refractivity contribution < 1.29 is 5.11 Å². The smallest absolute Gasteiger partial charge is 0.141 e. The predicted molar refractivity (Wildman–Crippen MR) is 87.8 cm³/mol. The Morgan fingerprint density at radius 3 is 3.00 bits per heavy atom. The molecule has 7 heteroatoms.